The Morgan fingerprint density at radius 1 is 1.14 bits per heavy atom. The molecule has 2 aromatic heterocycles. The molecule has 0 amide bonds. The average molecular weight is 416 g/mol. The third kappa shape index (κ3) is 4.59. The Morgan fingerprint density at radius 2 is 1.86 bits per heavy atom. The molecule has 8 heteroatoms. The van der Waals surface area contributed by atoms with E-state index in [2.05, 4.69) is 10.1 Å². The molecule has 0 aliphatic rings. The fourth-order valence-corrected chi connectivity index (χ4v) is 4.31. The Labute approximate surface area is 170 Å². The maximum absolute atomic E-state index is 12.2. The molecule has 1 aromatic carbocycles. The zero-order chi connectivity index (χ0) is 21.2. The minimum absolute atomic E-state index is 0.0226. The van der Waals surface area contributed by atoms with Gasteiger partial charge >= 0.3 is 5.97 Å². The number of nitrogens with one attached hydrogen (secondary N) is 1. The second-order valence-corrected chi connectivity index (χ2v) is 8.85. The molecule has 0 radical (unpaired) electrons. The number of nitrogens with zero attached hydrogens (tertiary/aromatic N) is 2. The maximum Gasteiger partial charge on any atom is 0.327 e. The molecule has 0 atom stereocenters. The molecule has 3 aromatic rings. The van der Waals surface area contributed by atoms with E-state index >= 15 is 0 Å². The fourth-order valence-electron chi connectivity index (χ4n) is 3.28. The molecule has 0 bridgehead atoms. The molecule has 0 aliphatic carbocycles. The number of H-pyrrole nitrogens is 1. The van der Waals surface area contributed by atoms with Crippen molar-refractivity contribution in [3.8, 4) is 22.6 Å². The monoisotopic (exact) mass is 415 g/mol. The number of carbonyl (C=O) groups is 1. The highest BCUT2D eigenvalue weighted by Gasteiger charge is 2.16. The van der Waals surface area contributed by atoms with E-state index in [9.17, 15) is 13.2 Å². The highest BCUT2D eigenvalue weighted by molar-refractivity contribution is 7.90. The number of rotatable bonds is 7. The van der Waals surface area contributed by atoms with Crippen LogP contribution in [0.4, 0.5) is 0 Å². The lowest BCUT2D eigenvalue weighted by Crippen LogP contribution is -2.15. The van der Waals surface area contributed by atoms with Crippen molar-refractivity contribution in [3.63, 3.8) is 0 Å². The molecule has 2 heterocycles. The number of sulfone groups is 1. The van der Waals surface area contributed by atoms with Crippen LogP contribution in [0, 0.1) is 6.92 Å². The summed E-state index contributed by atoms with van der Waals surface area (Å²) in [6.45, 7) is 5.89. The van der Waals surface area contributed by atoms with E-state index in [0.29, 0.717) is 17.9 Å². The Morgan fingerprint density at radius 3 is 2.52 bits per heavy atom. The molecule has 7 nitrogen and oxygen atoms in total. The molecule has 0 fully saturated rings. The molecule has 29 heavy (non-hydrogen) atoms. The van der Waals surface area contributed by atoms with Gasteiger partial charge in [-0.3, -0.25) is 9.48 Å². The van der Waals surface area contributed by atoms with Crippen molar-refractivity contribution >= 4 is 15.8 Å². The molecule has 0 spiro atoms. The van der Waals surface area contributed by atoms with Crippen LogP contribution in [-0.4, -0.2) is 42.0 Å². The number of hydrogen-bond acceptors (Lipinski definition) is 5. The standard InChI is InChI=1S/C21H25N3O4S/c1-5-15-7-8-16(12-20(15)29(4,26)27)17-9-10-18(22-17)19-11-14(3)23-24(19)13-21(25)28-6-2/h7-12,22H,5-6,13H2,1-4H3. The summed E-state index contributed by atoms with van der Waals surface area (Å²) in [5, 5.41) is 4.38. The number of ether oxygens (including phenoxy) is 1. The molecule has 0 unspecified atom stereocenters. The summed E-state index contributed by atoms with van der Waals surface area (Å²) in [7, 11) is -3.32. The first kappa shape index (κ1) is 20.9. The highest BCUT2D eigenvalue weighted by Crippen LogP contribution is 2.28. The minimum atomic E-state index is -3.32. The van der Waals surface area contributed by atoms with Crippen LogP contribution in [0.1, 0.15) is 25.1 Å². The average Bonchev–Trinajstić information content (AvgIpc) is 3.27. The van der Waals surface area contributed by atoms with Crippen molar-refractivity contribution in [1.29, 1.82) is 0 Å². The Hall–Kier alpha value is -2.87. The molecule has 0 saturated carbocycles. The predicted molar refractivity (Wildman–Crippen MR) is 111 cm³/mol. The zero-order valence-electron chi connectivity index (χ0n) is 17.0. The van der Waals surface area contributed by atoms with Gasteiger partial charge in [0.05, 0.1) is 28.6 Å². The molecule has 0 aliphatic heterocycles. The highest BCUT2D eigenvalue weighted by atomic mass is 32.2. The van der Waals surface area contributed by atoms with Gasteiger partial charge in [0.1, 0.15) is 6.54 Å². The number of aromatic amines is 1. The van der Waals surface area contributed by atoms with E-state index in [0.717, 1.165) is 33.9 Å². The first-order chi connectivity index (χ1) is 13.7. The van der Waals surface area contributed by atoms with Crippen LogP contribution >= 0.6 is 0 Å². The lowest BCUT2D eigenvalue weighted by molar-refractivity contribution is -0.144. The second-order valence-electron chi connectivity index (χ2n) is 6.87. The Kier molecular flexibility index (Phi) is 5.93. The third-order valence-electron chi connectivity index (χ3n) is 4.61. The van der Waals surface area contributed by atoms with E-state index in [-0.39, 0.29) is 12.5 Å². The van der Waals surface area contributed by atoms with Gasteiger partial charge in [0.25, 0.3) is 0 Å². The van der Waals surface area contributed by atoms with E-state index in [1.165, 1.54) is 6.26 Å². The summed E-state index contributed by atoms with van der Waals surface area (Å²) in [6.07, 6.45) is 1.87. The normalized spacial score (nSPS) is 11.6. The first-order valence-electron chi connectivity index (χ1n) is 9.45. The van der Waals surface area contributed by atoms with Crippen molar-refractivity contribution in [2.75, 3.05) is 12.9 Å². The van der Waals surface area contributed by atoms with Gasteiger partial charge in [0.2, 0.25) is 0 Å². The summed E-state index contributed by atoms with van der Waals surface area (Å²) >= 11 is 0. The van der Waals surface area contributed by atoms with Gasteiger partial charge in [-0.25, -0.2) is 8.42 Å². The second kappa shape index (κ2) is 8.24. The van der Waals surface area contributed by atoms with Crippen LogP contribution < -0.4 is 0 Å². The van der Waals surface area contributed by atoms with Gasteiger partial charge in [-0.1, -0.05) is 19.1 Å². The number of aryl methyl sites for hydroxylation is 2. The van der Waals surface area contributed by atoms with Crippen LogP contribution in [0.3, 0.4) is 0 Å². The van der Waals surface area contributed by atoms with E-state index in [1.54, 1.807) is 17.7 Å². The summed E-state index contributed by atoms with van der Waals surface area (Å²) in [4.78, 5) is 15.5. The van der Waals surface area contributed by atoms with E-state index in [4.69, 9.17) is 4.74 Å². The lowest BCUT2D eigenvalue weighted by Gasteiger charge is -2.09. The van der Waals surface area contributed by atoms with Crippen LogP contribution in [0.5, 0.6) is 0 Å². The van der Waals surface area contributed by atoms with E-state index < -0.39 is 9.84 Å². The lowest BCUT2D eigenvalue weighted by atomic mass is 10.1. The Balaban J connectivity index is 1.98. The third-order valence-corrected chi connectivity index (χ3v) is 5.79. The largest absolute Gasteiger partial charge is 0.465 e. The van der Waals surface area contributed by atoms with Gasteiger partial charge in [0, 0.05) is 11.9 Å². The van der Waals surface area contributed by atoms with Gasteiger partial charge < -0.3 is 9.72 Å². The SMILES string of the molecule is CCOC(=O)Cn1nc(C)cc1-c1ccc(-c2ccc(CC)c(S(C)(=O)=O)c2)[nH]1. The summed E-state index contributed by atoms with van der Waals surface area (Å²) in [6, 6.07) is 11.1. The molecule has 1 N–H and O–H groups in total. The smallest absolute Gasteiger partial charge is 0.327 e. The van der Waals surface area contributed by atoms with Gasteiger partial charge in [0.15, 0.2) is 9.84 Å². The zero-order valence-corrected chi connectivity index (χ0v) is 17.8. The number of esters is 1. The van der Waals surface area contributed by atoms with Crippen LogP contribution in [0.2, 0.25) is 0 Å². The topological polar surface area (TPSA) is 94.1 Å². The summed E-state index contributed by atoms with van der Waals surface area (Å²) < 4.78 is 30.9. The number of aromatic nitrogens is 3. The first-order valence-corrected chi connectivity index (χ1v) is 11.3. The quantitative estimate of drug-likeness (QED) is 0.597. The van der Waals surface area contributed by atoms with Crippen LogP contribution in [-0.2, 0) is 32.3 Å². The van der Waals surface area contributed by atoms with Gasteiger partial charge in [-0.2, -0.15) is 5.10 Å². The molecule has 0 saturated heterocycles. The number of benzene rings is 1. The van der Waals surface area contributed by atoms with Gasteiger partial charge in [-0.15, -0.1) is 0 Å². The van der Waals surface area contributed by atoms with Crippen molar-refractivity contribution in [2.24, 2.45) is 0 Å². The van der Waals surface area contributed by atoms with Crippen LogP contribution in [0.15, 0.2) is 41.3 Å². The maximum atomic E-state index is 12.2. The fraction of sp³-hybridized carbons (Fsp3) is 0.333. The van der Waals surface area contributed by atoms with Gasteiger partial charge in [-0.05, 0) is 55.7 Å². The molecule has 3 rings (SSSR count). The summed E-state index contributed by atoms with van der Waals surface area (Å²) in [5.41, 5.74) is 4.69. The van der Waals surface area contributed by atoms with Crippen molar-refractivity contribution in [3.05, 3.63) is 47.7 Å². The van der Waals surface area contributed by atoms with Crippen molar-refractivity contribution in [2.45, 2.75) is 38.6 Å². The predicted octanol–water partition coefficient (Wildman–Crippen LogP) is 3.38. The Bertz CT molecular complexity index is 1140. The van der Waals surface area contributed by atoms with Crippen LogP contribution in [0.25, 0.3) is 22.6 Å². The molecular formula is C21H25N3O4S. The minimum Gasteiger partial charge on any atom is -0.465 e. The van der Waals surface area contributed by atoms with Crippen molar-refractivity contribution in [1.82, 2.24) is 14.8 Å². The molecule has 154 valence electrons. The number of carbonyl (C=O) groups excluding carboxylic acids is 1. The van der Waals surface area contributed by atoms with E-state index in [1.807, 2.05) is 44.2 Å². The number of hydrogen-bond donors (Lipinski definition) is 1. The summed E-state index contributed by atoms with van der Waals surface area (Å²) in [5.74, 6) is -0.350. The molecular weight excluding hydrogens is 390 g/mol. The van der Waals surface area contributed by atoms with Crippen molar-refractivity contribution < 1.29 is 17.9 Å².